The van der Waals surface area contributed by atoms with Crippen molar-refractivity contribution in [1.29, 1.82) is 0 Å². The number of ether oxygens (including phenoxy) is 1. The van der Waals surface area contributed by atoms with Crippen LogP contribution in [0, 0.1) is 5.92 Å². The summed E-state index contributed by atoms with van der Waals surface area (Å²) in [6.45, 7) is 2.92. The van der Waals surface area contributed by atoms with Crippen LogP contribution >= 0.6 is 0 Å². The first-order chi connectivity index (χ1) is 9.11. The van der Waals surface area contributed by atoms with Crippen molar-refractivity contribution in [2.75, 3.05) is 19.0 Å². The van der Waals surface area contributed by atoms with E-state index in [0.29, 0.717) is 19.6 Å². The third kappa shape index (κ3) is 4.26. The van der Waals surface area contributed by atoms with Gasteiger partial charge in [-0.05, 0) is 30.5 Å². The van der Waals surface area contributed by atoms with Crippen LogP contribution in [0.15, 0.2) is 24.5 Å². The Kier molecular flexibility index (Phi) is 4.90. The lowest BCUT2D eigenvalue weighted by atomic mass is 9.96. The molecule has 1 aromatic rings. The lowest BCUT2D eigenvalue weighted by Crippen LogP contribution is -2.41. The molecule has 106 valence electrons. The summed E-state index contributed by atoms with van der Waals surface area (Å²) in [5.74, 6) is 0.361. The zero-order valence-electron chi connectivity index (χ0n) is 11.1. The van der Waals surface area contributed by atoms with Gasteiger partial charge in [0, 0.05) is 18.3 Å². The van der Waals surface area contributed by atoms with Crippen molar-refractivity contribution in [3.63, 3.8) is 0 Å². The predicted octanol–water partition coefficient (Wildman–Crippen LogP) is 0.968. The van der Waals surface area contributed by atoms with E-state index in [1.807, 2.05) is 19.1 Å². The Balaban J connectivity index is 1.97. The van der Waals surface area contributed by atoms with E-state index in [4.69, 9.17) is 4.74 Å². The van der Waals surface area contributed by atoms with Gasteiger partial charge in [0.1, 0.15) is 0 Å². The average molecular weight is 284 g/mol. The molecule has 0 aliphatic carbocycles. The van der Waals surface area contributed by atoms with E-state index in [1.165, 1.54) is 0 Å². The number of pyridine rings is 1. The van der Waals surface area contributed by atoms with Crippen LogP contribution in [0.5, 0.6) is 0 Å². The molecule has 1 N–H and O–H groups in total. The summed E-state index contributed by atoms with van der Waals surface area (Å²) in [6.07, 6.45) is 4.93. The lowest BCUT2D eigenvalue weighted by molar-refractivity contribution is 0.183. The van der Waals surface area contributed by atoms with Crippen molar-refractivity contribution < 1.29 is 13.2 Å². The molecule has 19 heavy (non-hydrogen) atoms. The minimum atomic E-state index is -3.18. The van der Waals surface area contributed by atoms with Gasteiger partial charge in [-0.2, -0.15) is 0 Å². The van der Waals surface area contributed by atoms with Gasteiger partial charge in [-0.1, -0.05) is 6.92 Å². The SMILES string of the molecule is CCCS(=O)(=O)N[C@H]1COC[C@H]1Cc1ccncc1. The van der Waals surface area contributed by atoms with Crippen LogP contribution in [0.4, 0.5) is 0 Å². The molecule has 5 nitrogen and oxygen atoms in total. The maximum absolute atomic E-state index is 11.8. The summed E-state index contributed by atoms with van der Waals surface area (Å²) in [5.41, 5.74) is 1.16. The van der Waals surface area contributed by atoms with Crippen molar-refractivity contribution in [2.24, 2.45) is 5.92 Å². The molecule has 1 aliphatic heterocycles. The van der Waals surface area contributed by atoms with Crippen molar-refractivity contribution in [1.82, 2.24) is 9.71 Å². The quantitative estimate of drug-likeness (QED) is 0.845. The predicted molar refractivity (Wildman–Crippen MR) is 73.3 cm³/mol. The summed E-state index contributed by atoms with van der Waals surface area (Å²) in [4.78, 5) is 3.98. The molecule has 0 aromatic carbocycles. The van der Waals surface area contributed by atoms with Crippen LogP contribution in [0.25, 0.3) is 0 Å². The molecular weight excluding hydrogens is 264 g/mol. The average Bonchev–Trinajstić information content (AvgIpc) is 2.77. The third-order valence-electron chi connectivity index (χ3n) is 3.25. The maximum atomic E-state index is 11.8. The van der Waals surface area contributed by atoms with E-state index in [9.17, 15) is 8.42 Å². The number of hydrogen-bond donors (Lipinski definition) is 1. The van der Waals surface area contributed by atoms with E-state index in [0.717, 1.165) is 12.0 Å². The highest BCUT2D eigenvalue weighted by Crippen LogP contribution is 2.19. The van der Waals surface area contributed by atoms with E-state index < -0.39 is 10.0 Å². The third-order valence-corrected chi connectivity index (χ3v) is 4.86. The summed E-state index contributed by atoms with van der Waals surface area (Å²) in [5, 5.41) is 0. The van der Waals surface area contributed by atoms with Crippen LogP contribution < -0.4 is 4.72 Å². The molecule has 0 radical (unpaired) electrons. The van der Waals surface area contributed by atoms with Crippen LogP contribution in [0.1, 0.15) is 18.9 Å². The molecule has 0 spiro atoms. The largest absolute Gasteiger partial charge is 0.379 e. The highest BCUT2D eigenvalue weighted by Gasteiger charge is 2.31. The van der Waals surface area contributed by atoms with Gasteiger partial charge in [-0.3, -0.25) is 4.98 Å². The van der Waals surface area contributed by atoms with Gasteiger partial charge in [0.25, 0.3) is 0 Å². The molecule has 2 atom stereocenters. The van der Waals surface area contributed by atoms with Gasteiger partial charge in [0.05, 0.1) is 25.0 Å². The minimum Gasteiger partial charge on any atom is -0.379 e. The molecule has 2 heterocycles. The fourth-order valence-electron chi connectivity index (χ4n) is 2.31. The zero-order chi connectivity index (χ0) is 13.7. The number of nitrogens with one attached hydrogen (secondary N) is 1. The number of rotatable bonds is 6. The summed E-state index contributed by atoms with van der Waals surface area (Å²) in [6, 6.07) is 3.79. The maximum Gasteiger partial charge on any atom is 0.211 e. The van der Waals surface area contributed by atoms with Crippen molar-refractivity contribution in [2.45, 2.75) is 25.8 Å². The molecule has 0 saturated carbocycles. The molecule has 0 bridgehead atoms. The second-order valence-corrected chi connectivity index (χ2v) is 6.77. The second-order valence-electron chi connectivity index (χ2n) is 4.90. The molecule has 6 heteroatoms. The number of sulfonamides is 1. The Bertz CT molecular complexity index is 490. The Morgan fingerprint density at radius 1 is 1.37 bits per heavy atom. The van der Waals surface area contributed by atoms with E-state index in [2.05, 4.69) is 9.71 Å². The van der Waals surface area contributed by atoms with Crippen LogP contribution in [0.3, 0.4) is 0 Å². The van der Waals surface area contributed by atoms with Crippen LogP contribution in [0.2, 0.25) is 0 Å². The van der Waals surface area contributed by atoms with Crippen molar-refractivity contribution >= 4 is 10.0 Å². The van der Waals surface area contributed by atoms with Gasteiger partial charge in [-0.15, -0.1) is 0 Å². The highest BCUT2D eigenvalue weighted by molar-refractivity contribution is 7.89. The first-order valence-electron chi connectivity index (χ1n) is 6.57. The molecule has 1 fully saturated rings. The van der Waals surface area contributed by atoms with Crippen molar-refractivity contribution in [3.05, 3.63) is 30.1 Å². The first-order valence-corrected chi connectivity index (χ1v) is 8.22. The fraction of sp³-hybridized carbons (Fsp3) is 0.615. The zero-order valence-corrected chi connectivity index (χ0v) is 11.9. The number of nitrogens with zero attached hydrogens (tertiary/aromatic N) is 1. The lowest BCUT2D eigenvalue weighted by Gasteiger charge is -2.18. The van der Waals surface area contributed by atoms with E-state index >= 15 is 0 Å². The minimum absolute atomic E-state index is 0.121. The fourth-order valence-corrected chi connectivity index (χ4v) is 3.69. The Morgan fingerprint density at radius 3 is 2.79 bits per heavy atom. The van der Waals surface area contributed by atoms with Gasteiger partial charge in [0.2, 0.25) is 10.0 Å². The van der Waals surface area contributed by atoms with E-state index in [1.54, 1.807) is 12.4 Å². The van der Waals surface area contributed by atoms with Crippen LogP contribution in [-0.2, 0) is 21.2 Å². The first kappa shape index (κ1) is 14.4. The molecule has 1 aliphatic rings. The van der Waals surface area contributed by atoms with Gasteiger partial charge in [0.15, 0.2) is 0 Å². The molecule has 0 unspecified atom stereocenters. The van der Waals surface area contributed by atoms with E-state index in [-0.39, 0.29) is 17.7 Å². The Labute approximate surface area is 114 Å². The Hall–Kier alpha value is -0.980. The molecule has 1 saturated heterocycles. The molecule has 1 aromatic heterocycles. The van der Waals surface area contributed by atoms with Crippen molar-refractivity contribution in [3.8, 4) is 0 Å². The monoisotopic (exact) mass is 284 g/mol. The number of hydrogen-bond acceptors (Lipinski definition) is 4. The Morgan fingerprint density at radius 2 is 2.11 bits per heavy atom. The van der Waals surface area contributed by atoms with Gasteiger partial charge >= 0.3 is 0 Å². The summed E-state index contributed by atoms with van der Waals surface area (Å²) < 4.78 is 31.8. The topological polar surface area (TPSA) is 68.3 Å². The molecule has 2 rings (SSSR count). The van der Waals surface area contributed by atoms with Gasteiger partial charge in [-0.25, -0.2) is 13.1 Å². The smallest absolute Gasteiger partial charge is 0.211 e. The molecule has 0 amide bonds. The second kappa shape index (κ2) is 6.45. The summed E-state index contributed by atoms with van der Waals surface area (Å²) in [7, 11) is -3.18. The summed E-state index contributed by atoms with van der Waals surface area (Å²) >= 11 is 0. The standard InChI is InChI=1S/C13H20N2O3S/c1-2-7-19(16,17)15-13-10-18-9-12(13)8-11-3-5-14-6-4-11/h3-6,12-13,15H,2,7-10H2,1H3/t12-,13+/m1/s1. The van der Waals surface area contributed by atoms with Gasteiger partial charge < -0.3 is 4.74 Å². The van der Waals surface area contributed by atoms with Crippen LogP contribution in [-0.4, -0.2) is 38.4 Å². The highest BCUT2D eigenvalue weighted by atomic mass is 32.2. The normalized spacial score (nSPS) is 23.6. The molecular formula is C13H20N2O3S. The number of aromatic nitrogens is 1.